The number of aromatic nitrogens is 2. The zero-order chi connectivity index (χ0) is 18.7. The van der Waals surface area contributed by atoms with Gasteiger partial charge in [-0.2, -0.15) is 0 Å². The first-order chi connectivity index (χ1) is 12.5. The number of ether oxygens (including phenoxy) is 2. The number of methoxy groups -OCH3 is 1. The van der Waals surface area contributed by atoms with Crippen LogP contribution < -0.4 is 0 Å². The lowest BCUT2D eigenvalue weighted by atomic mass is 10.2. The second-order valence-electron chi connectivity index (χ2n) is 5.42. The molecule has 8 nitrogen and oxygen atoms in total. The number of hydrogen-bond donors (Lipinski definition) is 2. The monoisotopic (exact) mass is 356 g/mol. The van der Waals surface area contributed by atoms with Crippen molar-refractivity contribution in [2.75, 3.05) is 13.7 Å². The Morgan fingerprint density at radius 2 is 2.04 bits per heavy atom. The number of carbonyl (C=O) groups excluding carboxylic acids is 2. The molecule has 2 heterocycles. The summed E-state index contributed by atoms with van der Waals surface area (Å²) in [5, 5.41) is 10.3. The molecule has 0 spiro atoms. The van der Waals surface area contributed by atoms with Crippen molar-refractivity contribution < 1.29 is 28.6 Å². The Balaban J connectivity index is 1.89. The third kappa shape index (κ3) is 3.30. The Hall–Kier alpha value is -3.55. The first-order valence-electron chi connectivity index (χ1n) is 7.68. The Morgan fingerprint density at radius 3 is 2.69 bits per heavy atom. The Labute approximate surface area is 148 Å². The third-order valence-corrected chi connectivity index (χ3v) is 3.69. The molecule has 0 fully saturated rings. The van der Waals surface area contributed by atoms with Crippen molar-refractivity contribution in [3.63, 3.8) is 0 Å². The maximum atomic E-state index is 12.1. The molecular formula is C18H16N2O6. The van der Waals surface area contributed by atoms with E-state index < -0.39 is 24.3 Å². The average Bonchev–Trinajstić information content (AvgIpc) is 3.25. The smallest absolute Gasteiger partial charge is 0.374 e. The lowest BCUT2D eigenvalue weighted by molar-refractivity contribution is -0.133. The van der Waals surface area contributed by atoms with Crippen molar-refractivity contribution in [1.82, 2.24) is 9.97 Å². The van der Waals surface area contributed by atoms with Gasteiger partial charge in [-0.1, -0.05) is 12.1 Å². The molecule has 8 heteroatoms. The fourth-order valence-corrected chi connectivity index (χ4v) is 2.38. The van der Waals surface area contributed by atoms with Gasteiger partial charge in [0.15, 0.2) is 0 Å². The minimum absolute atomic E-state index is 0.0288. The van der Waals surface area contributed by atoms with Crippen LogP contribution >= 0.6 is 0 Å². The van der Waals surface area contributed by atoms with Gasteiger partial charge in [0.2, 0.25) is 5.76 Å². The first kappa shape index (κ1) is 17.3. The summed E-state index contributed by atoms with van der Waals surface area (Å²) in [7, 11) is 1.18. The second kappa shape index (κ2) is 7.14. The maximum Gasteiger partial charge on any atom is 0.374 e. The van der Waals surface area contributed by atoms with E-state index in [-0.39, 0.29) is 17.2 Å². The molecule has 0 atom stereocenters. The Morgan fingerprint density at radius 1 is 1.27 bits per heavy atom. The number of imidazole rings is 1. The molecule has 0 unspecified atom stereocenters. The van der Waals surface area contributed by atoms with Crippen molar-refractivity contribution in [3.05, 3.63) is 59.5 Å². The van der Waals surface area contributed by atoms with Crippen LogP contribution in [0, 0.1) is 6.92 Å². The SMILES string of the molecule is COC(=O)/C(=C(/O)COC(=O)c1occc1C)c1nc2ccccc2[nH]1. The van der Waals surface area contributed by atoms with Crippen LogP contribution in [0.1, 0.15) is 21.9 Å². The minimum atomic E-state index is -0.813. The van der Waals surface area contributed by atoms with Crippen molar-refractivity contribution >= 4 is 28.5 Å². The Bertz CT molecular complexity index is 965. The van der Waals surface area contributed by atoms with Gasteiger partial charge in [0.05, 0.1) is 24.4 Å². The number of benzene rings is 1. The summed E-state index contributed by atoms with van der Waals surface area (Å²) in [6.07, 6.45) is 1.36. The van der Waals surface area contributed by atoms with E-state index >= 15 is 0 Å². The van der Waals surface area contributed by atoms with Crippen LogP contribution in [0.5, 0.6) is 0 Å². The lowest BCUT2D eigenvalue weighted by Crippen LogP contribution is -2.14. The van der Waals surface area contributed by atoms with Crippen LogP contribution in [0.2, 0.25) is 0 Å². The van der Waals surface area contributed by atoms with Gasteiger partial charge < -0.3 is 24.0 Å². The van der Waals surface area contributed by atoms with Crippen LogP contribution in [-0.2, 0) is 14.3 Å². The number of fused-ring (bicyclic) bond motifs is 1. The Kier molecular flexibility index (Phi) is 4.74. The number of aliphatic hydroxyl groups is 1. The highest BCUT2D eigenvalue weighted by molar-refractivity contribution is 6.16. The number of rotatable bonds is 5. The molecule has 0 amide bonds. The molecule has 3 aromatic rings. The predicted molar refractivity (Wildman–Crippen MR) is 91.4 cm³/mol. The minimum Gasteiger partial charge on any atom is -0.508 e. The molecule has 26 heavy (non-hydrogen) atoms. The van der Waals surface area contributed by atoms with E-state index in [0.29, 0.717) is 16.6 Å². The summed E-state index contributed by atoms with van der Waals surface area (Å²) < 4.78 is 14.7. The summed E-state index contributed by atoms with van der Waals surface area (Å²) in [6, 6.07) is 8.74. The summed E-state index contributed by atoms with van der Waals surface area (Å²) in [5.41, 5.74) is 1.68. The van der Waals surface area contributed by atoms with E-state index in [0.717, 1.165) is 0 Å². The number of carbonyl (C=O) groups is 2. The third-order valence-electron chi connectivity index (χ3n) is 3.69. The molecule has 1 aromatic carbocycles. The van der Waals surface area contributed by atoms with Crippen molar-refractivity contribution in [2.24, 2.45) is 0 Å². The standard InChI is InChI=1S/C18H16N2O6/c1-10-7-8-25-15(10)18(23)26-9-13(21)14(17(22)24-2)16-19-11-5-3-4-6-12(11)20-16/h3-8,21H,9H2,1-2H3,(H,19,20)/b14-13+. The molecule has 0 radical (unpaired) electrons. The molecule has 0 aliphatic rings. The van der Waals surface area contributed by atoms with E-state index in [4.69, 9.17) is 13.9 Å². The first-order valence-corrected chi connectivity index (χ1v) is 7.68. The maximum absolute atomic E-state index is 12.1. The van der Waals surface area contributed by atoms with Crippen LogP contribution in [0.3, 0.4) is 0 Å². The van der Waals surface area contributed by atoms with Crippen LogP contribution in [-0.4, -0.2) is 40.7 Å². The highest BCUT2D eigenvalue weighted by Crippen LogP contribution is 2.21. The fourth-order valence-electron chi connectivity index (χ4n) is 2.38. The molecule has 134 valence electrons. The molecule has 2 N–H and O–H groups in total. The molecular weight excluding hydrogens is 340 g/mol. The summed E-state index contributed by atoms with van der Waals surface area (Å²) >= 11 is 0. The van der Waals surface area contributed by atoms with E-state index in [9.17, 15) is 14.7 Å². The highest BCUT2D eigenvalue weighted by atomic mass is 16.6. The molecule has 0 aliphatic heterocycles. The summed E-state index contributed by atoms with van der Waals surface area (Å²) in [6.45, 7) is 1.14. The van der Waals surface area contributed by atoms with Crippen molar-refractivity contribution in [3.8, 4) is 0 Å². The van der Waals surface area contributed by atoms with Gasteiger partial charge in [-0.15, -0.1) is 0 Å². The number of aromatic amines is 1. The number of furan rings is 1. The van der Waals surface area contributed by atoms with E-state index in [1.54, 1.807) is 37.3 Å². The van der Waals surface area contributed by atoms with Gasteiger partial charge in [0.1, 0.15) is 23.8 Å². The van der Waals surface area contributed by atoms with Gasteiger partial charge in [-0.05, 0) is 25.1 Å². The van der Waals surface area contributed by atoms with Crippen LogP contribution in [0.4, 0.5) is 0 Å². The van der Waals surface area contributed by atoms with Crippen molar-refractivity contribution in [1.29, 1.82) is 0 Å². The van der Waals surface area contributed by atoms with Gasteiger partial charge in [-0.25, -0.2) is 14.6 Å². The van der Waals surface area contributed by atoms with Crippen LogP contribution in [0.25, 0.3) is 16.6 Å². The molecule has 0 saturated carbocycles. The van der Waals surface area contributed by atoms with E-state index in [2.05, 4.69) is 9.97 Å². The number of H-pyrrole nitrogens is 1. The molecule has 0 bridgehead atoms. The molecule has 0 aliphatic carbocycles. The number of aliphatic hydroxyl groups excluding tert-OH is 1. The van der Waals surface area contributed by atoms with Crippen LogP contribution in [0.15, 0.2) is 46.8 Å². The predicted octanol–water partition coefficient (Wildman–Crippen LogP) is 2.76. The van der Waals surface area contributed by atoms with Gasteiger partial charge >= 0.3 is 11.9 Å². The van der Waals surface area contributed by atoms with E-state index in [1.807, 2.05) is 0 Å². The topological polar surface area (TPSA) is 115 Å². The zero-order valence-corrected chi connectivity index (χ0v) is 14.1. The number of para-hydroxylation sites is 2. The summed E-state index contributed by atoms with van der Waals surface area (Å²) in [4.78, 5) is 31.3. The summed E-state index contributed by atoms with van der Waals surface area (Å²) in [5.74, 6) is -1.92. The largest absolute Gasteiger partial charge is 0.508 e. The molecule has 3 rings (SSSR count). The van der Waals surface area contributed by atoms with Crippen molar-refractivity contribution in [2.45, 2.75) is 6.92 Å². The average molecular weight is 356 g/mol. The highest BCUT2D eigenvalue weighted by Gasteiger charge is 2.23. The van der Waals surface area contributed by atoms with E-state index in [1.165, 1.54) is 13.4 Å². The molecule has 0 saturated heterocycles. The number of aryl methyl sites for hydroxylation is 1. The molecule has 2 aromatic heterocycles. The number of nitrogens with one attached hydrogen (secondary N) is 1. The fraction of sp³-hybridized carbons (Fsp3) is 0.167. The number of nitrogens with zero attached hydrogens (tertiary/aromatic N) is 1. The zero-order valence-electron chi connectivity index (χ0n) is 14.1. The normalized spacial score (nSPS) is 11.9. The van der Waals surface area contributed by atoms with Gasteiger partial charge in [0.25, 0.3) is 0 Å². The quantitative estimate of drug-likeness (QED) is 0.410. The number of esters is 2. The van der Waals surface area contributed by atoms with Gasteiger partial charge in [-0.3, -0.25) is 0 Å². The second-order valence-corrected chi connectivity index (χ2v) is 5.42. The lowest BCUT2D eigenvalue weighted by Gasteiger charge is -2.08. The van der Waals surface area contributed by atoms with Gasteiger partial charge in [0, 0.05) is 5.56 Å². The number of hydrogen-bond acceptors (Lipinski definition) is 7.